The van der Waals surface area contributed by atoms with Crippen LogP contribution in [0.25, 0.3) is 0 Å². The van der Waals surface area contributed by atoms with E-state index < -0.39 is 0 Å². The molecule has 1 unspecified atom stereocenters. The molecule has 0 saturated heterocycles. The van der Waals surface area contributed by atoms with E-state index >= 15 is 0 Å². The number of benzene rings is 2. The Morgan fingerprint density at radius 3 is 2.40 bits per heavy atom. The van der Waals surface area contributed by atoms with Crippen molar-refractivity contribution in [3.8, 4) is 5.75 Å². The van der Waals surface area contributed by atoms with Gasteiger partial charge in [0.2, 0.25) is 0 Å². The lowest BCUT2D eigenvalue weighted by Gasteiger charge is -2.14. The Labute approximate surface area is 129 Å². The summed E-state index contributed by atoms with van der Waals surface area (Å²) in [5.41, 5.74) is 8.63. The highest BCUT2D eigenvalue weighted by Gasteiger charge is 2.08. The van der Waals surface area contributed by atoms with Gasteiger partial charge in [-0.05, 0) is 55.7 Å². The van der Waals surface area contributed by atoms with Gasteiger partial charge in [-0.2, -0.15) is 0 Å². The lowest BCUT2D eigenvalue weighted by Crippen LogP contribution is -2.13. The summed E-state index contributed by atoms with van der Waals surface area (Å²) in [6.45, 7) is 4.04. The van der Waals surface area contributed by atoms with Crippen molar-refractivity contribution in [3.63, 3.8) is 0 Å². The van der Waals surface area contributed by atoms with Gasteiger partial charge < -0.3 is 10.5 Å². The summed E-state index contributed by atoms with van der Waals surface area (Å²) in [6.07, 6.45) is 1.01. The zero-order chi connectivity index (χ0) is 14.5. The van der Waals surface area contributed by atoms with E-state index in [0.29, 0.717) is 0 Å². The van der Waals surface area contributed by atoms with E-state index in [2.05, 4.69) is 28.1 Å². The number of hydrogen-bond donors (Lipinski definition) is 1. The van der Waals surface area contributed by atoms with Gasteiger partial charge in [-0.3, -0.25) is 0 Å². The second-order valence-corrected chi connectivity index (χ2v) is 6.09. The molecule has 0 aliphatic carbocycles. The van der Waals surface area contributed by atoms with Crippen molar-refractivity contribution in [2.75, 3.05) is 0 Å². The van der Waals surface area contributed by atoms with E-state index in [4.69, 9.17) is 10.5 Å². The summed E-state index contributed by atoms with van der Waals surface area (Å²) in [6, 6.07) is 16.3. The smallest absolute Gasteiger partial charge is 0.119 e. The van der Waals surface area contributed by atoms with Gasteiger partial charge in [0.25, 0.3) is 0 Å². The molecule has 0 aromatic heterocycles. The van der Waals surface area contributed by atoms with E-state index in [1.165, 1.54) is 5.56 Å². The van der Waals surface area contributed by atoms with Gasteiger partial charge in [0.05, 0.1) is 6.10 Å². The predicted molar refractivity (Wildman–Crippen MR) is 87.0 cm³/mol. The fraction of sp³-hybridized carbons (Fsp3) is 0.294. The minimum atomic E-state index is -0.00241. The SMILES string of the molecule is CC(C)Oc1ccc(C(N)Cc2cccc(Br)c2)cc1. The molecule has 2 aromatic rings. The number of hydrogen-bond acceptors (Lipinski definition) is 2. The number of rotatable bonds is 5. The van der Waals surface area contributed by atoms with Crippen molar-refractivity contribution < 1.29 is 4.74 Å². The molecule has 0 spiro atoms. The van der Waals surface area contributed by atoms with Crippen LogP contribution in [0.15, 0.2) is 53.0 Å². The Morgan fingerprint density at radius 2 is 1.80 bits per heavy atom. The maximum absolute atomic E-state index is 6.27. The normalized spacial score (nSPS) is 12.4. The summed E-state index contributed by atoms with van der Waals surface area (Å²) in [4.78, 5) is 0. The largest absolute Gasteiger partial charge is 0.491 e. The third kappa shape index (κ3) is 4.36. The zero-order valence-electron chi connectivity index (χ0n) is 11.8. The van der Waals surface area contributed by atoms with Crippen LogP contribution in [-0.2, 0) is 6.42 Å². The topological polar surface area (TPSA) is 35.2 Å². The Kier molecular flexibility index (Phi) is 5.21. The molecule has 2 aromatic carbocycles. The number of halogens is 1. The zero-order valence-corrected chi connectivity index (χ0v) is 13.4. The fourth-order valence-corrected chi connectivity index (χ4v) is 2.55. The lowest BCUT2D eigenvalue weighted by molar-refractivity contribution is 0.242. The molecule has 2 N–H and O–H groups in total. The van der Waals surface area contributed by atoms with Crippen LogP contribution in [-0.4, -0.2) is 6.10 Å². The second kappa shape index (κ2) is 6.91. The first-order valence-electron chi connectivity index (χ1n) is 6.81. The Bertz CT molecular complexity index is 551. The van der Waals surface area contributed by atoms with Crippen molar-refractivity contribution in [2.45, 2.75) is 32.4 Å². The van der Waals surface area contributed by atoms with Gasteiger partial charge >= 0.3 is 0 Å². The van der Waals surface area contributed by atoms with Crippen LogP contribution < -0.4 is 10.5 Å². The monoisotopic (exact) mass is 333 g/mol. The van der Waals surface area contributed by atoms with Gasteiger partial charge in [-0.25, -0.2) is 0 Å². The predicted octanol–water partition coefficient (Wildman–Crippen LogP) is 4.48. The maximum atomic E-state index is 6.27. The van der Waals surface area contributed by atoms with Crippen LogP contribution in [0.4, 0.5) is 0 Å². The summed E-state index contributed by atoms with van der Waals surface area (Å²) >= 11 is 3.48. The molecular weight excluding hydrogens is 314 g/mol. The highest BCUT2D eigenvalue weighted by atomic mass is 79.9. The third-order valence-electron chi connectivity index (χ3n) is 3.02. The Hall–Kier alpha value is -1.32. The molecule has 0 aliphatic rings. The first kappa shape index (κ1) is 15.1. The number of ether oxygens (including phenoxy) is 1. The molecule has 2 rings (SSSR count). The van der Waals surface area contributed by atoms with Gasteiger partial charge in [0.15, 0.2) is 0 Å². The van der Waals surface area contributed by atoms with E-state index in [0.717, 1.165) is 22.2 Å². The van der Waals surface area contributed by atoms with Crippen molar-refractivity contribution >= 4 is 15.9 Å². The quantitative estimate of drug-likeness (QED) is 0.875. The molecule has 0 bridgehead atoms. The van der Waals surface area contributed by atoms with Crippen molar-refractivity contribution in [2.24, 2.45) is 5.73 Å². The van der Waals surface area contributed by atoms with Crippen molar-refractivity contribution in [1.82, 2.24) is 0 Å². The van der Waals surface area contributed by atoms with Crippen LogP contribution >= 0.6 is 15.9 Å². The molecule has 0 saturated carbocycles. The van der Waals surface area contributed by atoms with Crippen LogP contribution in [0.2, 0.25) is 0 Å². The van der Waals surface area contributed by atoms with Gasteiger partial charge in [-0.15, -0.1) is 0 Å². The standard InChI is InChI=1S/C17H20BrNO/c1-12(2)20-16-8-6-14(7-9-16)17(19)11-13-4-3-5-15(18)10-13/h3-10,12,17H,11,19H2,1-2H3. The van der Waals surface area contributed by atoms with E-state index in [1.807, 2.05) is 50.2 Å². The first-order valence-corrected chi connectivity index (χ1v) is 7.60. The maximum Gasteiger partial charge on any atom is 0.119 e. The molecule has 0 amide bonds. The molecule has 0 fully saturated rings. The second-order valence-electron chi connectivity index (χ2n) is 5.18. The summed E-state index contributed by atoms with van der Waals surface area (Å²) < 4.78 is 6.72. The molecule has 1 atom stereocenters. The minimum absolute atomic E-state index is 0.00241. The molecule has 106 valence electrons. The molecule has 0 aliphatic heterocycles. The molecule has 0 radical (unpaired) electrons. The van der Waals surface area contributed by atoms with Gasteiger partial charge in [-0.1, -0.05) is 40.2 Å². The van der Waals surface area contributed by atoms with E-state index in [-0.39, 0.29) is 12.1 Å². The minimum Gasteiger partial charge on any atom is -0.491 e. The van der Waals surface area contributed by atoms with Crippen LogP contribution in [0.5, 0.6) is 5.75 Å². The lowest BCUT2D eigenvalue weighted by atomic mass is 10.00. The van der Waals surface area contributed by atoms with Gasteiger partial charge in [0, 0.05) is 10.5 Å². The highest BCUT2D eigenvalue weighted by Crippen LogP contribution is 2.21. The highest BCUT2D eigenvalue weighted by molar-refractivity contribution is 9.10. The Balaban J connectivity index is 2.03. The van der Waals surface area contributed by atoms with Gasteiger partial charge in [0.1, 0.15) is 5.75 Å². The van der Waals surface area contributed by atoms with Crippen molar-refractivity contribution in [1.29, 1.82) is 0 Å². The summed E-state index contributed by atoms with van der Waals surface area (Å²) in [5, 5.41) is 0. The molecule has 2 nitrogen and oxygen atoms in total. The van der Waals surface area contributed by atoms with Crippen LogP contribution in [0, 0.1) is 0 Å². The van der Waals surface area contributed by atoms with Crippen LogP contribution in [0.3, 0.4) is 0 Å². The summed E-state index contributed by atoms with van der Waals surface area (Å²) in [7, 11) is 0. The van der Waals surface area contributed by atoms with E-state index in [1.54, 1.807) is 0 Å². The number of nitrogens with two attached hydrogens (primary N) is 1. The van der Waals surface area contributed by atoms with Crippen molar-refractivity contribution in [3.05, 3.63) is 64.1 Å². The first-order chi connectivity index (χ1) is 9.54. The molecular formula is C17H20BrNO. The third-order valence-corrected chi connectivity index (χ3v) is 3.52. The Morgan fingerprint density at radius 1 is 1.10 bits per heavy atom. The van der Waals surface area contributed by atoms with E-state index in [9.17, 15) is 0 Å². The van der Waals surface area contributed by atoms with Crippen LogP contribution in [0.1, 0.15) is 31.0 Å². The molecule has 3 heteroatoms. The summed E-state index contributed by atoms with van der Waals surface area (Å²) in [5.74, 6) is 0.887. The molecule has 0 heterocycles. The fourth-order valence-electron chi connectivity index (χ4n) is 2.10. The average Bonchev–Trinajstić information content (AvgIpc) is 2.38. The average molecular weight is 334 g/mol. The molecule has 20 heavy (non-hydrogen) atoms.